The highest BCUT2D eigenvalue weighted by atomic mass is 32.2. The molecule has 2 aromatic rings. The van der Waals surface area contributed by atoms with E-state index in [0.717, 1.165) is 17.0 Å². The predicted molar refractivity (Wildman–Crippen MR) is 95.7 cm³/mol. The maximum absolute atomic E-state index is 12.0. The molecular weight excluding hydrogens is 324 g/mol. The van der Waals surface area contributed by atoms with E-state index in [1.807, 2.05) is 36.4 Å². The Kier molecular flexibility index (Phi) is 5.05. The lowest BCUT2D eigenvalue weighted by Crippen LogP contribution is -2.21. The minimum Gasteiger partial charge on any atom is -0.484 e. The molecule has 2 aromatic carbocycles. The lowest BCUT2D eigenvalue weighted by Gasteiger charge is -2.17. The summed E-state index contributed by atoms with van der Waals surface area (Å²) < 4.78 is 5.48. The summed E-state index contributed by atoms with van der Waals surface area (Å²) in [6, 6.07) is 13.1. The molecule has 1 heterocycles. The van der Waals surface area contributed by atoms with E-state index in [1.165, 1.54) is 17.3 Å². The second kappa shape index (κ2) is 7.40. The Balaban J connectivity index is 1.56. The molecule has 0 spiro atoms. The van der Waals surface area contributed by atoms with E-state index >= 15 is 0 Å². The van der Waals surface area contributed by atoms with Crippen molar-refractivity contribution in [3.63, 3.8) is 0 Å². The van der Waals surface area contributed by atoms with E-state index in [4.69, 9.17) is 4.74 Å². The zero-order valence-electron chi connectivity index (χ0n) is 13.3. The van der Waals surface area contributed by atoms with Crippen LogP contribution in [0.3, 0.4) is 0 Å². The first kappa shape index (κ1) is 16.4. The molecule has 6 heteroatoms. The largest absolute Gasteiger partial charge is 0.484 e. The number of ether oxygens (including phenoxy) is 1. The van der Waals surface area contributed by atoms with Gasteiger partial charge in [0.2, 0.25) is 5.91 Å². The summed E-state index contributed by atoms with van der Waals surface area (Å²) >= 11 is 1.49. The standard InChI is InChI=1S/C18H18N2O3S/c1-2-12-3-6-14(7-4-12)23-10-17(21)19-13-5-8-16-15(9-13)20-18(22)11-24-16/h3-9H,2,10-11H2,1H3,(H,19,21)(H,20,22). The van der Waals surface area contributed by atoms with Crippen LogP contribution in [0.5, 0.6) is 5.75 Å². The first-order valence-corrected chi connectivity index (χ1v) is 8.71. The molecule has 124 valence electrons. The van der Waals surface area contributed by atoms with Gasteiger partial charge in [0.05, 0.1) is 11.4 Å². The third kappa shape index (κ3) is 4.08. The van der Waals surface area contributed by atoms with Gasteiger partial charge in [-0.1, -0.05) is 19.1 Å². The van der Waals surface area contributed by atoms with Crippen LogP contribution in [0, 0.1) is 0 Å². The molecule has 0 aromatic heterocycles. The summed E-state index contributed by atoms with van der Waals surface area (Å²) in [4.78, 5) is 24.4. The Hall–Kier alpha value is -2.47. The molecule has 0 saturated heterocycles. The molecule has 0 unspecified atom stereocenters. The number of nitrogens with one attached hydrogen (secondary N) is 2. The van der Waals surface area contributed by atoms with Crippen LogP contribution in [-0.4, -0.2) is 24.2 Å². The summed E-state index contributed by atoms with van der Waals surface area (Å²) in [5.41, 5.74) is 2.58. The van der Waals surface area contributed by atoms with E-state index in [1.54, 1.807) is 6.07 Å². The van der Waals surface area contributed by atoms with Gasteiger partial charge in [-0.15, -0.1) is 11.8 Å². The van der Waals surface area contributed by atoms with Gasteiger partial charge in [0.25, 0.3) is 5.91 Å². The number of carbonyl (C=O) groups is 2. The fourth-order valence-electron chi connectivity index (χ4n) is 2.33. The second-order valence-corrected chi connectivity index (χ2v) is 6.40. The minimum atomic E-state index is -0.246. The number of fused-ring (bicyclic) bond motifs is 1. The molecule has 1 aliphatic rings. The number of hydrogen-bond donors (Lipinski definition) is 2. The highest BCUT2D eigenvalue weighted by Gasteiger charge is 2.16. The number of hydrogen-bond acceptors (Lipinski definition) is 4. The Morgan fingerprint density at radius 1 is 1.25 bits per heavy atom. The summed E-state index contributed by atoms with van der Waals surface area (Å²) in [5, 5.41) is 5.58. The fourth-order valence-corrected chi connectivity index (χ4v) is 3.12. The zero-order chi connectivity index (χ0) is 16.9. The molecule has 2 amide bonds. The average Bonchev–Trinajstić information content (AvgIpc) is 2.60. The van der Waals surface area contributed by atoms with Gasteiger partial charge in [-0.25, -0.2) is 0 Å². The van der Waals surface area contributed by atoms with Crippen molar-refractivity contribution in [2.24, 2.45) is 0 Å². The topological polar surface area (TPSA) is 67.4 Å². The van der Waals surface area contributed by atoms with Crippen LogP contribution in [0.4, 0.5) is 11.4 Å². The molecule has 24 heavy (non-hydrogen) atoms. The van der Waals surface area contributed by atoms with E-state index in [0.29, 0.717) is 17.2 Å². The van der Waals surface area contributed by atoms with Crippen LogP contribution >= 0.6 is 11.8 Å². The molecule has 1 aliphatic heterocycles. The van der Waals surface area contributed by atoms with Gasteiger partial charge in [-0.3, -0.25) is 9.59 Å². The summed E-state index contributed by atoms with van der Waals surface area (Å²) in [6.45, 7) is 2.02. The Morgan fingerprint density at radius 2 is 2.04 bits per heavy atom. The van der Waals surface area contributed by atoms with Crippen molar-refractivity contribution in [3.8, 4) is 5.75 Å². The Bertz CT molecular complexity index is 759. The van der Waals surface area contributed by atoms with Crippen LogP contribution in [0.1, 0.15) is 12.5 Å². The molecule has 0 fully saturated rings. The monoisotopic (exact) mass is 342 g/mol. The van der Waals surface area contributed by atoms with Crippen LogP contribution < -0.4 is 15.4 Å². The van der Waals surface area contributed by atoms with Crippen LogP contribution in [-0.2, 0) is 16.0 Å². The lowest BCUT2D eigenvalue weighted by molar-refractivity contribution is -0.118. The van der Waals surface area contributed by atoms with E-state index in [-0.39, 0.29) is 18.4 Å². The maximum Gasteiger partial charge on any atom is 0.262 e. The quantitative estimate of drug-likeness (QED) is 0.875. The van der Waals surface area contributed by atoms with Gasteiger partial charge < -0.3 is 15.4 Å². The van der Waals surface area contributed by atoms with Gasteiger partial charge in [-0.05, 0) is 42.3 Å². The molecular formula is C18H18N2O3S. The van der Waals surface area contributed by atoms with Crippen LogP contribution in [0.15, 0.2) is 47.4 Å². The summed E-state index contributed by atoms with van der Waals surface area (Å²) in [6.07, 6.45) is 0.966. The van der Waals surface area contributed by atoms with Crippen LogP contribution in [0.2, 0.25) is 0 Å². The number of benzene rings is 2. The number of thioether (sulfide) groups is 1. The van der Waals surface area contributed by atoms with Gasteiger partial charge in [0.1, 0.15) is 5.75 Å². The number of anilines is 2. The molecule has 0 bridgehead atoms. The summed E-state index contributed by atoms with van der Waals surface area (Å²) in [7, 11) is 0. The van der Waals surface area contributed by atoms with E-state index < -0.39 is 0 Å². The van der Waals surface area contributed by atoms with Crippen molar-refractivity contribution in [2.45, 2.75) is 18.2 Å². The first-order valence-electron chi connectivity index (χ1n) is 7.72. The second-order valence-electron chi connectivity index (χ2n) is 5.38. The maximum atomic E-state index is 12.0. The van der Waals surface area contributed by atoms with Crippen LogP contribution in [0.25, 0.3) is 0 Å². The van der Waals surface area contributed by atoms with Crippen molar-refractivity contribution in [1.29, 1.82) is 0 Å². The van der Waals surface area contributed by atoms with Crippen molar-refractivity contribution in [2.75, 3.05) is 23.0 Å². The normalized spacial score (nSPS) is 13.0. The highest BCUT2D eigenvalue weighted by molar-refractivity contribution is 8.00. The lowest BCUT2D eigenvalue weighted by atomic mass is 10.2. The van der Waals surface area contributed by atoms with Gasteiger partial charge in [-0.2, -0.15) is 0 Å². The fraction of sp³-hybridized carbons (Fsp3) is 0.222. The van der Waals surface area contributed by atoms with Crippen molar-refractivity contribution < 1.29 is 14.3 Å². The van der Waals surface area contributed by atoms with Gasteiger partial charge >= 0.3 is 0 Å². The Labute approximate surface area is 144 Å². The third-order valence-corrected chi connectivity index (χ3v) is 4.67. The molecule has 0 atom stereocenters. The number of carbonyl (C=O) groups excluding carboxylic acids is 2. The third-order valence-electron chi connectivity index (χ3n) is 3.60. The molecule has 0 saturated carbocycles. The zero-order valence-corrected chi connectivity index (χ0v) is 14.1. The summed E-state index contributed by atoms with van der Waals surface area (Å²) in [5.74, 6) is 0.805. The number of aryl methyl sites for hydroxylation is 1. The molecule has 0 radical (unpaired) electrons. The molecule has 3 rings (SSSR count). The highest BCUT2D eigenvalue weighted by Crippen LogP contribution is 2.33. The van der Waals surface area contributed by atoms with Crippen molar-refractivity contribution >= 4 is 35.0 Å². The first-order chi connectivity index (χ1) is 11.6. The predicted octanol–water partition coefficient (Wildman–Crippen LogP) is 3.31. The molecule has 5 nitrogen and oxygen atoms in total. The van der Waals surface area contributed by atoms with Crippen molar-refractivity contribution in [3.05, 3.63) is 48.0 Å². The van der Waals surface area contributed by atoms with Crippen molar-refractivity contribution in [1.82, 2.24) is 0 Å². The smallest absolute Gasteiger partial charge is 0.262 e. The SMILES string of the molecule is CCc1ccc(OCC(=O)Nc2ccc3c(c2)NC(=O)CS3)cc1. The molecule has 2 N–H and O–H groups in total. The number of amides is 2. The number of rotatable bonds is 5. The average molecular weight is 342 g/mol. The minimum absolute atomic E-state index is 0.0326. The molecule has 0 aliphatic carbocycles. The van der Waals surface area contributed by atoms with Gasteiger partial charge in [0, 0.05) is 10.6 Å². The van der Waals surface area contributed by atoms with E-state index in [9.17, 15) is 9.59 Å². The Morgan fingerprint density at radius 3 is 2.79 bits per heavy atom. The van der Waals surface area contributed by atoms with Gasteiger partial charge in [0.15, 0.2) is 6.61 Å². The van der Waals surface area contributed by atoms with E-state index in [2.05, 4.69) is 17.6 Å².